The van der Waals surface area contributed by atoms with Gasteiger partial charge in [-0.1, -0.05) is 13.8 Å². The molecule has 2 heterocycles. The van der Waals surface area contributed by atoms with Gasteiger partial charge >= 0.3 is 0 Å². The summed E-state index contributed by atoms with van der Waals surface area (Å²) in [5.41, 5.74) is 0. The van der Waals surface area contributed by atoms with E-state index in [2.05, 4.69) is 18.7 Å². The summed E-state index contributed by atoms with van der Waals surface area (Å²) < 4.78 is 0. The van der Waals surface area contributed by atoms with Gasteiger partial charge in [0.2, 0.25) is 5.91 Å². The Bertz CT molecular complexity index is 198. The van der Waals surface area contributed by atoms with Crippen LogP contribution in [0, 0.1) is 17.8 Å². The number of piperidine rings is 2. The van der Waals surface area contributed by atoms with Gasteiger partial charge < -0.3 is 4.90 Å². The molecule has 2 nitrogen and oxygen atoms in total. The molecular weight excluding hydrogens is 150 g/mol. The second-order valence-corrected chi connectivity index (χ2v) is 4.59. The van der Waals surface area contributed by atoms with Crippen LogP contribution in [-0.4, -0.2) is 23.9 Å². The molecule has 0 N–H and O–H groups in total. The number of carbonyl (C=O) groups is 1. The molecule has 0 aromatic heterocycles. The van der Waals surface area contributed by atoms with E-state index in [4.69, 9.17) is 0 Å². The van der Waals surface area contributed by atoms with Gasteiger partial charge in [-0.3, -0.25) is 4.79 Å². The fourth-order valence-corrected chi connectivity index (χ4v) is 2.74. The lowest BCUT2D eigenvalue weighted by atomic mass is 9.80. The maximum Gasteiger partial charge on any atom is 0.225 e. The molecule has 2 fully saturated rings. The molecule has 0 saturated carbocycles. The molecule has 0 aliphatic carbocycles. The molecular formula is C10H17NO. The molecule has 0 aromatic carbocycles. The first-order valence-electron chi connectivity index (χ1n) is 4.95. The zero-order valence-corrected chi connectivity index (χ0v) is 7.92. The third-order valence-electron chi connectivity index (χ3n) is 3.17. The van der Waals surface area contributed by atoms with Gasteiger partial charge in [0.25, 0.3) is 0 Å². The molecule has 2 saturated heterocycles. The van der Waals surface area contributed by atoms with Crippen LogP contribution in [0.2, 0.25) is 0 Å². The van der Waals surface area contributed by atoms with Gasteiger partial charge in [-0.2, -0.15) is 0 Å². The minimum absolute atomic E-state index is 0.288. The zero-order chi connectivity index (χ0) is 8.72. The standard InChI is InChI=1S/C10H17NO/c1-7-3-9-4-8(2)10(12)11(5-7)6-9/h7-9H,3-6H2,1-2H3. The van der Waals surface area contributed by atoms with Crippen LogP contribution >= 0.6 is 0 Å². The maximum absolute atomic E-state index is 11.6. The predicted octanol–water partition coefficient (Wildman–Crippen LogP) is 1.51. The van der Waals surface area contributed by atoms with Gasteiger partial charge in [-0.05, 0) is 24.7 Å². The third-order valence-corrected chi connectivity index (χ3v) is 3.17. The number of hydrogen-bond donors (Lipinski definition) is 0. The minimum atomic E-state index is 0.288. The molecule has 2 heteroatoms. The second-order valence-electron chi connectivity index (χ2n) is 4.59. The SMILES string of the molecule is CC1CC2CC(C)C(=O)N(C1)C2. The van der Waals surface area contributed by atoms with Crippen molar-refractivity contribution in [2.75, 3.05) is 13.1 Å². The van der Waals surface area contributed by atoms with Gasteiger partial charge in [0, 0.05) is 19.0 Å². The Morgan fingerprint density at radius 2 is 2.00 bits per heavy atom. The van der Waals surface area contributed by atoms with Gasteiger partial charge in [0.05, 0.1) is 0 Å². The molecule has 2 aliphatic heterocycles. The van der Waals surface area contributed by atoms with Gasteiger partial charge in [-0.25, -0.2) is 0 Å². The smallest absolute Gasteiger partial charge is 0.225 e. The Morgan fingerprint density at radius 3 is 2.75 bits per heavy atom. The molecule has 3 atom stereocenters. The van der Waals surface area contributed by atoms with Crippen LogP contribution in [0.15, 0.2) is 0 Å². The molecule has 0 aromatic rings. The van der Waals surface area contributed by atoms with E-state index in [0.717, 1.165) is 31.3 Å². The molecule has 0 spiro atoms. The fraction of sp³-hybridized carbons (Fsp3) is 0.900. The van der Waals surface area contributed by atoms with E-state index in [1.807, 2.05) is 0 Å². The van der Waals surface area contributed by atoms with Gasteiger partial charge in [-0.15, -0.1) is 0 Å². The van der Waals surface area contributed by atoms with Crippen molar-refractivity contribution in [1.82, 2.24) is 4.90 Å². The van der Waals surface area contributed by atoms with E-state index < -0.39 is 0 Å². The summed E-state index contributed by atoms with van der Waals surface area (Å²) in [6.45, 7) is 6.35. The third kappa shape index (κ3) is 1.23. The number of carbonyl (C=O) groups excluding carboxylic acids is 1. The highest BCUT2D eigenvalue weighted by molar-refractivity contribution is 5.79. The van der Waals surface area contributed by atoms with Crippen LogP contribution in [0.1, 0.15) is 26.7 Å². The lowest BCUT2D eigenvalue weighted by molar-refractivity contribution is -0.143. The van der Waals surface area contributed by atoms with E-state index in [0.29, 0.717) is 5.91 Å². The van der Waals surface area contributed by atoms with Crippen molar-refractivity contribution in [3.05, 3.63) is 0 Å². The number of rotatable bonds is 0. The van der Waals surface area contributed by atoms with E-state index >= 15 is 0 Å². The highest BCUT2D eigenvalue weighted by Crippen LogP contribution is 2.32. The van der Waals surface area contributed by atoms with Crippen molar-refractivity contribution in [2.24, 2.45) is 17.8 Å². The summed E-state index contributed by atoms with van der Waals surface area (Å²) in [6.07, 6.45) is 2.45. The summed E-state index contributed by atoms with van der Waals surface area (Å²) in [6, 6.07) is 0. The monoisotopic (exact) mass is 167 g/mol. The van der Waals surface area contributed by atoms with Crippen LogP contribution in [0.4, 0.5) is 0 Å². The minimum Gasteiger partial charge on any atom is -0.342 e. The maximum atomic E-state index is 11.6. The molecule has 3 unspecified atom stereocenters. The second kappa shape index (κ2) is 2.75. The Balaban J connectivity index is 2.12. The summed E-state index contributed by atoms with van der Waals surface area (Å²) in [4.78, 5) is 13.7. The number of hydrogen-bond acceptors (Lipinski definition) is 1. The molecule has 12 heavy (non-hydrogen) atoms. The Morgan fingerprint density at radius 1 is 1.25 bits per heavy atom. The normalized spacial score (nSPS) is 41.7. The van der Waals surface area contributed by atoms with E-state index in [-0.39, 0.29) is 5.92 Å². The van der Waals surface area contributed by atoms with Crippen LogP contribution in [-0.2, 0) is 4.79 Å². The quantitative estimate of drug-likeness (QED) is 0.535. The molecule has 2 rings (SSSR count). The summed E-state index contributed by atoms with van der Waals surface area (Å²) in [5, 5.41) is 0. The van der Waals surface area contributed by atoms with Crippen LogP contribution < -0.4 is 0 Å². The van der Waals surface area contributed by atoms with Crippen molar-refractivity contribution < 1.29 is 4.79 Å². The van der Waals surface area contributed by atoms with Crippen LogP contribution in [0.5, 0.6) is 0 Å². The van der Waals surface area contributed by atoms with Crippen molar-refractivity contribution >= 4 is 5.91 Å². The van der Waals surface area contributed by atoms with Crippen molar-refractivity contribution in [3.63, 3.8) is 0 Å². The van der Waals surface area contributed by atoms with Gasteiger partial charge in [0.1, 0.15) is 0 Å². The average molecular weight is 167 g/mol. The van der Waals surface area contributed by atoms with E-state index in [1.54, 1.807) is 0 Å². The predicted molar refractivity (Wildman–Crippen MR) is 47.6 cm³/mol. The molecule has 2 aliphatic rings. The van der Waals surface area contributed by atoms with Crippen LogP contribution in [0.25, 0.3) is 0 Å². The van der Waals surface area contributed by atoms with Crippen LogP contribution in [0.3, 0.4) is 0 Å². The number of fused-ring (bicyclic) bond motifs is 2. The Hall–Kier alpha value is -0.530. The molecule has 1 amide bonds. The molecule has 2 bridgehead atoms. The van der Waals surface area contributed by atoms with Gasteiger partial charge in [0.15, 0.2) is 0 Å². The Kier molecular flexibility index (Phi) is 1.85. The first-order chi connectivity index (χ1) is 5.66. The lowest BCUT2D eigenvalue weighted by Gasteiger charge is -2.43. The summed E-state index contributed by atoms with van der Waals surface area (Å²) in [7, 11) is 0. The first kappa shape index (κ1) is 8.09. The lowest BCUT2D eigenvalue weighted by Crippen LogP contribution is -2.50. The summed E-state index contributed by atoms with van der Waals surface area (Å²) >= 11 is 0. The molecule has 68 valence electrons. The fourth-order valence-electron chi connectivity index (χ4n) is 2.74. The largest absolute Gasteiger partial charge is 0.342 e. The number of nitrogens with zero attached hydrogens (tertiary/aromatic N) is 1. The zero-order valence-electron chi connectivity index (χ0n) is 7.92. The number of amides is 1. The summed E-state index contributed by atoms with van der Waals surface area (Å²) in [5.74, 6) is 2.19. The average Bonchev–Trinajstić information content (AvgIpc) is 1.99. The Labute approximate surface area is 73.9 Å². The van der Waals surface area contributed by atoms with Crippen molar-refractivity contribution in [2.45, 2.75) is 26.7 Å². The van der Waals surface area contributed by atoms with E-state index in [9.17, 15) is 4.79 Å². The van der Waals surface area contributed by atoms with E-state index in [1.165, 1.54) is 6.42 Å². The topological polar surface area (TPSA) is 20.3 Å². The highest BCUT2D eigenvalue weighted by atomic mass is 16.2. The van der Waals surface area contributed by atoms with Crippen molar-refractivity contribution in [3.8, 4) is 0 Å². The highest BCUT2D eigenvalue weighted by Gasteiger charge is 2.36. The molecule has 0 radical (unpaired) electrons. The van der Waals surface area contributed by atoms with Crippen molar-refractivity contribution in [1.29, 1.82) is 0 Å². The first-order valence-corrected chi connectivity index (χ1v) is 4.95.